The summed E-state index contributed by atoms with van der Waals surface area (Å²) in [6.07, 6.45) is 4.24. The summed E-state index contributed by atoms with van der Waals surface area (Å²) < 4.78 is 21.7. The van der Waals surface area contributed by atoms with E-state index in [4.69, 9.17) is 28.9 Å². The average molecular weight is 861 g/mol. The van der Waals surface area contributed by atoms with Gasteiger partial charge in [0.25, 0.3) is 0 Å². The van der Waals surface area contributed by atoms with Crippen molar-refractivity contribution in [3.63, 3.8) is 0 Å². The Labute approximate surface area is 365 Å². The molecule has 6 heterocycles. The van der Waals surface area contributed by atoms with Crippen molar-refractivity contribution in [3.05, 3.63) is 65.9 Å². The normalized spacial score (nSPS) is 22.1. The fourth-order valence-electron chi connectivity index (χ4n) is 10.1. The predicted octanol–water partition coefficient (Wildman–Crippen LogP) is 7.16. The van der Waals surface area contributed by atoms with Crippen LogP contribution in [0, 0.1) is 17.8 Å². The molecular formula is C47H56N8O8. The summed E-state index contributed by atoms with van der Waals surface area (Å²) >= 11 is 0. The van der Waals surface area contributed by atoms with E-state index in [-0.39, 0.29) is 47.7 Å². The first-order chi connectivity index (χ1) is 30.4. The number of alkyl carbamates (subject to hydrolysis) is 2. The number of fused-ring (bicyclic) bond motifs is 6. The van der Waals surface area contributed by atoms with E-state index in [0.29, 0.717) is 50.9 Å². The highest BCUT2D eigenvalue weighted by atomic mass is 16.5. The summed E-state index contributed by atoms with van der Waals surface area (Å²) in [4.78, 5) is 73.5. The summed E-state index contributed by atoms with van der Waals surface area (Å²) in [6.45, 7) is 10.0. The number of imidazole rings is 2. The standard InChI is InChI=1S/C47H56N8O8/c1-24(2)39(52-46(58)60-5)45(57)55-26(4)7-12-36(55)43-49-34-11-9-28-19-33-31-10-8-29(18-30(31)23-63-38(33)20-32(28)41(34)51-43)35-21-48-42(50-35)37-17-25(3)22-54(37)44(56)40(53-47(59)61-6)27-13-15-62-16-14-27/h8-11,18-21,24-27,36-37,39-40H,7,12-17,22-23H2,1-6H3,(H,48,50)(H,49,51)(H,52,58)(H,53,59). The average Bonchev–Trinajstić information content (AvgIpc) is 4.12. The van der Waals surface area contributed by atoms with Crippen LogP contribution in [0.5, 0.6) is 5.75 Å². The molecule has 4 aliphatic heterocycles. The molecule has 5 aromatic rings. The van der Waals surface area contributed by atoms with E-state index in [1.165, 1.54) is 14.2 Å². The second-order valence-corrected chi connectivity index (χ2v) is 18.0. The number of H-pyrrole nitrogens is 2. The first-order valence-corrected chi connectivity index (χ1v) is 22.1. The number of rotatable bonds is 9. The van der Waals surface area contributed by atoms with Crippen molar-refractivity contribution < 1.29 is 38.1 Å². The molecule has 2 aromatic heterocycles. The number of carbonyl (C=O) groups is 4. The zero-order chi connectivity index (χ0) is 44.1. The lowest BCUT2D eigenvalue weighted by molar-refractivity contribution is -0.138. The summed E-state index contributed by atoms with van der Waals surface area (Å²) in [7, 11) is 2.60. The van der Waals surface area contributed by atoms with Gasteiger partial charge in [0.1, 0.15) is 36.1 Å². The highest BCUT2D eigenvalue weighted by Gasteiger charge is 2.43. The van der Waals surface area contributed by atoms with Crippen LogP contribution in [0.2, 0.25) is 0 Å². The molecule has 0 bridgehead atoms. The Kier molecular flexibility index (Phi) is 11.5. The molecule has 4 aliphatic rings. The molecule has 332 valence electrons. The molecule has 0 radical (unpaired) electrons. The van der Waals surface area contributed by atoms with Crippen molar-refractivity contribution in [2.75, 3.05) is 34.0 Å². The Balaban J connectivity index is 0.959. The third-order valence-electron chi connectivity index (χ3n) is 13.5. The molecule has 63 heavy (non-hydrogen) atoms. The number of nitrogens with one attached hydrogen (secondary N) is 4. The quantitative estimate of drug-likeness (QED) is 0.118. The minimum absolute atomic E-state index is 0.0276. The van der Waals surface area contributed by atoms with Gasteiger partial charge in [-0.15, -0.1) is 0 Å². The van der Waals surface area contributed by atoms with E-state index >= 15 is 0 Å². The Morgan fingerprint density at radius 3 is 2.40 bits per heavy atom. The molecular weight excluding hydrogens is 805 g/mol. The van der Waals surface area contributed by atoms with E-state index in [1.54, 1.807) is 0 Å². The van der Waals surface area contributed by atoms with Crippen molar-refractivity contribution in [1.29, 1.82) is 0 Å². The number of benzene rings is 3. The molecule has 6 atom stereocenters. The Hall–Kier alpha value is -6.16. The van der Waals surface area contributed by atoms with Gasteiger partial charge in [0.15, 0.2) is 0 Å². The summed E-state index contributed by atoms with van der Waals surface area (Å²) in [5.74, 6) is 1.98. The van der Waals surface area contributed by atoms with Crippen molar-refractivity contribution in [1.82, 2.24) is 40.4 Å². The number of ether oxygens (including phenoxy) is 4. The molecule has 4 N–H and O–H groups in total. The molecule has 3 aromatic carbocycles. The van der Waals surface area contributed by atoms with Crippen LogP contribution in [-0.4, -0.2) is 106 Å². The maximum Gasteiger partial charge on any atom is 0.407 e. The fourth-order valence-corrected chi connectivity index (χ4v) is 10.1. The van der Waals surface area contributed by atoms with Crippen LogP contribution in [-0.2, 0) is 30.4 Å². The maximum absolute atomic E-state index is 14.2. The molecule has 3 fully saturated rings. The minimum atomic E-state index is -0.728. The van der Waals surface area contributed by atoms with Crippen molar-refractivity contribution in [2.24, 2.45) is 17.8 Å². The lowest BCUT2D eigenvalue weighted by atomic mass is 9.90. The summed E-state index contributed by atoms with van der Waals surface area (Å²) in [6, 6.07) is 12.7. The molecule has 0 saturated carbocycles. The van der Waals surface area contributed by atoms with Gasteiger partial charge in [-0.05, 0) is 103 Å². The van der Waals surface area contributed by atoms with Crippen molar-refractivity contribution >= 4 is 45.8 Å². The Morgan fingerprint density at radius 2 is 1.63 bits per heavy atom. The molecule has 16 heteroatoms. The second kappa shape index (κ2) is 17.2. The lowest BCUT2D eigenvalue weighted by Gasteiger charge is -2.34. The number of methoxy groups -OCH3 is 2. The number of aromatic nitrogens is 4. The van der Waals surface area contributed by atoms with E-state index in [9.17, 15) is 19.2 Å². The topological polar surface area (TPSA) is 193 Å². The molecule has 4 amide bonds. The smallest absolute Gasteiger partial charge is 0.407 e. The van der Waals surface area contributed by atoms with Gasteiger partial charge >= 0.3 is 12.2 Å². The van der Waals surface area contributed by atoms with Crippen LogP contribution in [0.1, 0.15) is 89.1 Å². The van der Waals surface area contributed by atoms with Crippen LogP contribution >= 0.6 is 0 Å². The van der Waals surface area contributed by atoms with E-state index in [0.717, 1.165) is 74.8 Å². The van der Waals surface area contributed by atoms with Gasteiger partial charge in [-0.2, -0.15) is 0 Å². The van der Waals surface area contributed by atoms with Gasteiger partial charge in [0.05, 0.1) is 49.2 Å². The van der Waals surface area contributed by atoms with Crippen LogP contribution < -0.4 is 15.4 Å². The Morgan fingerprint density at radius 1 is 0.857 bits per heavy atom. The number of nitrogens with zero attached hydrogens (tertiary/aromatic N) is 4. The summed E-state index contributed by atoms with van der Waals surface area (Å²) in [5.41, 5.74) is 6.58. The number of amides is 4. The molecule has 9 rings (SSSR count). The predicted molar refractivity (Wildman–Crippen MR) is 235 cm³/mol. The number of hydrogen-bond acceptors (Lipinski definition) is 10. The van der Waals surface area contributed by atoms with Crippen LogP contribution in [0.15, 0.2) is 48.7 Å². The number of carbonyl (C=O) groups excluding carboxylic acids is 4. The van der Waals surface area contributed by atoms with Crippen molar-refractivity contribution in [2.45, 2.75) is 96.6 Å². The molecule has 3 saturated heterocycles. The monoisotopic (exact) mass is 860 g/mol. The lowest BCUT2D eigenvalue weighted by Crippen LogP contribution is -2.53. The molecule has 0 aliphatic carbocycles. The van der Waals surface area contributed by atoms with Gasteiger partial charge in [-0.25, -0.2) is 19.6 Å². The van der Waals surface area contributed by atoms with Crippen LogP contribution in [0.3, 0.4) is 0 Å². The first kappa shape index (κ1) is 42.2. The van der Waals surface area contributed by atoms with E-state index < -0.39 is 24.3 Å². The molecule has 6 unspecified atom stereocenters. The number of likely N-dealkylation sites (tertiary alicyclic amines) is 2. The third kappa shape index (κ3) is 7.93. The largest absolute Gasteiger partial charge is 0.488 e. The Bertz CT molecular complexity index is 2560. The fraction of sp³-hybridized carbons (Fsp3) is 0.489. The van der Waals surface area contributed by atoms with Gasteiger partial charge in [-0.3, -0.25) is 9.59 Å². The summed E-state index contributed by atoms with van der Waals surface area (Å²) in [5, 5.41) is 7.53. The van der Waals surface area contributed by atoms with Gasteiger partial charge in [0, 0.05) is 36.8 Å². The SMILES string of the molecule is COC(=O)NC(C(=O)N1C(C)CCC1c1nc2c(ccc3cc4c(cc32)OCc2cc(-c3cnc(C5CC(C)CN5C(=O)C(NC(=O)OC)C5CCOCC5)[nH]3)ccc2-4)[nH]1)C(C)C. The van der Waals surface area contributed by atoms with E-state index in [2.05, 4.69) is 63.9 Å². The third-order valence-corrected chi connectivity index (χ3v) is 13.5. The highest BCUT2D eigenvalue weighted by molar-refractivity contribution is 6.07. The van der Waals surface area contributed by atoms with E-state index in [1.807, 2.05) is 42.8 Å². The molecule has 0 spiro atoms. The number of hydrogen-bond donors (Lipinski definition) is 4. The van der Waals surface area contributed by atoms with Crippen molar-refractivity contribution in [3.8, 4) is 28.1 Å². The van der Waals surface area contributed by atoms with Crippen LogP contribution in [0.4, 0.5) is 9.59 Å². The van der Waals surface area contributed by atoms with Crippen LogP contribution in [0.25, 0.3) is 44.2 Å². The van der Waals surface area contributed by atoms with Gasteiger partial charge < -0.3 is 49.3 Å². The van der Waals surface area contributed by atoms with Gasteiger partial charge in [0.2, 0.25) is 11.8 Å². The first-order valence-electron chi connectivity index (χ1n) is 22.1. The maximum atomic E-state index is 14.2. The van der Waals surface area contributed by atoms with Gasteiger partial charge in [-0.1, -0.05) is 39.0 Å². The zero-order valence-corrected chi connectivity index (χ0v) is 36.7. The second-order valence-electron chi connectivity index (χ2n) is 18.0. The zero-order valence-electron chi connectivity index (χ0n) is 36.7. The number of aromatic amines is 2. The highest BCUT2D eigenvalue weighted by Crippen LogP contribution is 2.44. The minimum Gasteiger partial charge on any atom is -0.488 e. The molecule has 16 nitrogen and oxygen atoms in total.